The Balaban J connectivity index is 2.51. The molecule has 7 heteroatoms. The first-order valence-electron chi connectivity index (χ1n) is 5.14. The van der Waals surface area contributed by atoms with Crippen molar-refractivity contribution in [1.82, 2.24) is 15.0 Å². The number of hydrogen-bond acceptors (Lipinski definition) is 6. The Bertz CT molecular complexity index is 323. The monoisotopic (exact) mass is 261 g/mol. The van der Waals surface area contributed by atoms with Gasteiger partial charge in [0.25, 0.3) is 0 Å². The molecule has 2 N–H and O–H groups in total. The van der Waals surface area contributed by atoms with E-state index < -0.39 is 0 Å². The van der Waals surface area contributed by atoms with Crippen molar-refractivity contribution in [3.8, 4) is 0 Å². The summed E-state index contributed by atoms with van der Waals surface area (Å²) in [4.78, 5) is 12.1. The summed E-state index contributed by atoms with van der Waals surface area (Å²) >= 11 is 7.60. The lowest BCUT2D eigenvalue weighted by Crippen LogP contribution is -2.10. The van der Waals surface area contributed by atoms with Crippen LogP contribution in [0.3, 0.4) is 0 Å². The number of anilines is 2. The average molecular weight is 262 g/mol. The summed E-state index contributed by atoms with van der Waals surface area (Å²) in [5, 5.41) is 6.33. The van der Waals surface area contributed by atoms with E-state index in [1.165, 1.54) is 0 Å². The van der Waals surface area contributed by atoms with Crippen LogP contribution in [0.4, 0.5) is 11.9 Å². The molecule has 0 aromatic carbocycles. The van der Waals surface area contributed by atoms with Crippen molar-refractivity contribution >= 4 is 35.3 Å². The number of rotatable bonds is 7. The average Bonchev–Trinajstić information content (AvgIpc) is 2.24. The van der Waals surface area contributed by atoms with E-state index in [1.54, 1.807) is 0 Å². The van der Waals surface area contributed by atoms with Crippen LogP contribution in [0.1, 0.15) is 13.3 Å². The summed E-state index contributed by atoms with van der Waals surface area (Å²) in [7, 11) is 0. The van der Waals surface area contributed by atoms with E-state index in [1.807, 2.05) is 18.7 Å². The third kappa shape index (κ3) is 4.85. The lowest BCUT2D eigenvalue weighted by molar-refractivity contribution is 0.943. The first kappa shape index (κ1) is 13.3. The van der Waals surface area contributed by atoms with Gasteiger partial charge < -0.3 is 10.6 Å². The summed E-state index contributed by atoms with van der Waals surface area (Å²) in [5.74, 6) is 2.15. The molecule has 0 bridgehead atoms. The van der Waals surface area contributed by atoms with Crippen LogP contribution in [0.5, 0.6) is 0 Å². The highest BCUT2D eigenvalue weighted by Crippen LogP contribution is 2.09. The molecule has 0 radical (unpaired) electrons. The van der Waals surface area contributed by atoms with Crippen LogP contribution in [0, 0.1) is 0 Å². The molecule has 16 heavy (non-hydrogen) atoms. The molecule has 0 spiro atoms. The number of halogens is 1. The van der Waals surface area contributed by atoms with E-state index in [9.17, 15) is 0 Å². The van der Waals surface area contributed by atoms with Crippen LogP contribution < -0.4 is 10.6 Å². The Kier molecular flexibility index (Phi) is 6.25. The Morgan fingerprint density at radius 3 is 2.50 bits per heavy atom. The fraction of sp³-hybridized carbons (Fsp3) is 0.667. The molecule has 0 atom stereocenters. The number of nitrogens with zero attached hydrogens (tertiary/aromatic N) is 3. The Morgan fingerprint density at radius 2 is 1.88 bits per heavy atom. The van der Waals surface area contributed by atoms with Crippen molar-refractivity contribution in [2.24, 2.45) is 0 Å². The maximum atomic E-state index is 5.78. The van der Waals surface area contributed by atoms with Gasteiger partial charge in [0, 0.05) is 13.1 Å². The first-order valence-corrected chi connectivity index (χ1v) is 6.91. The van der Waals surface area contributed by atoms with Gasteiger partial charge in [0.15, 0.2) is 0 Å². The topological polar surface area (TPSA) is 62.7 Å². The third-order valence-electron chi connectivity index (χ3n) is 1.75. The molecule has 1 rings (SSSR count). The maximum absolute atomic E-state index is 5.78. The zero-order chi connectivity index (χ0) is 11.8. The quantitative estimate of drug-likeness (QED) is 0.733. The van der Waals surface area contributed by atoms with Crippen LogP contribution in [0.15, 0.2) is 0 Å². The lowest BCUT2D eigenvalue weighted by Gasteiger charge is -2.06. The van der Waals surface area contributed by atoms with Crippen LogP contribution >= 0.6 is 23.4 Å². The molecule has 1 heterocycles. The lowest BCUT2D eigenvalue weighted by atomic mass is 10.5. The minimum atomic E-state index is 0.207. The van der Waals surface area contributed by atoms with Crippen LogP contribution in [0.2, 0.25) is 5.28 Å². The molecule has 5 nitrogen and oxygen atoms in total. The van der Waals surface area contributed by atoms with Crippen molar-refractivity contribution in [3.05, 3.63) is 5.28 Å². The van der Waals surface area contributed by atoms with E-state index in [-0.39, 0.29) is 5.28 Å². The van der Waals surface area contributed by atoms with E-state index >= 15 is 0 Å². The highest BCUT2D eigenvalue weighted by Gasteiger charge is 2.03. The molecule has 0 saturated carbocycles. The Labute approximate surface area is 105 Å². The van der Waals surface area contributed by atoms with Gasteiger partial charge in [0.05, 0.1) is 0 Å². The van der Waals surface area contributed by atoms with Crippen molar-refractivity contribution in [2.45, 2.75) is 13.3 Å². The van der Waals surface area contributed by atoms with Crippen molar-refractivity contribution in [2.75, 3.05) is 35.7 Å². The summed E-state index contributed by atoms with van der Waals surface area (Å²) in [6.07, 6.45) is 3.16. The number of thioether (sulfide) groups is 1. The second-order valence-electron chi connectivity index (χ2n) is 3.06. The molecule has 0 unspecified atom stereocenters. The van der Waals surface area contributed by atoms with Gasteiger partial charge in [-0.25, -0.2) is 0 Å². The zero-order valence-electron chi connectivity index (χ0n) is 9.46. The minimum absolute atomic E-state index is 0.207. The molecule has 0 fully saturated rings. The summed E-state index contributed by atoms with van der Waals surface area (Å²) in [5.41, 5.74) is 0. The van der Waals surface area contributed by atoms with Gasteiger partial charge in [0.1, 0.15) is 0 Å². The SMILES string of the molecule is CCNc1nc(Cl)nc(NCCCSC)n1. The highest BCUT2D eigenvalue weighted by atomic mass is 35.5. The number of aromatic nitrogens is 3. The van der Waals surface area contributed by atoms with Crippen molar-refractivity contribution < 1.29 is 0 Å². The molecule has 90 valence electrons. The fourth-order valence-electron chi connectivity index (χ4n) is 1.08. The fourth-order valence-corrected chi connectivity index (χ4v) is 1.68. The summed E-state index contributed by atoms with van der Waals surface area (Å²) in [6, 6.07) is 0. The molecule has 1 aromatic heterocycles. The van der Waals surface area contributed by atoms with E-state index in [0.29, 0.717) is 11.9 Å². The van der Waals surface area contributed by atoms with Crippen LogP contribution in [-0.2, 0) is 0 Å². The molecular formula is C9H16ClN5S. The molecule has 0 amide bonds. The van der Waals surface area contributed by atoms with Gasteiger partial charge in [-0.2, -0.15) is 26.7 Å². The maximum Gasteiger partial charge on any atom is 0.228 e. The third-order valence-corrected chi connectivity index (χ3v) is 2.62. The summed E-state index contributed by atoms with van der Waals surface area (Å²) in [6.45, 7) is 3.57. The van der Waals surface area contributed by atoms with E-state index in [0.717, 1.165) is 25.3 Å². The molecule has 1 aromatic rings. The number of hydrogen-bond donors (Lipinski definition) is 2. The smallest absolute Gasteiger partial charge is 0.228 e. The van der Waals surface area contributed by atoms with Gasteiger partial charge >= 0.3 is 0 Å². The second kappa shape index (κ2) is 7.51. The zero-order valence-corrected chi connectivity index (χ0v) is 11.0. The van der Waals surface area contributed by atoms with Gasteiger partial charge in [-0.15, -0.1) is 0 Å². The Morgan fingerprint density at radius 1 is 1.19 bits per heavy atom. The van der Waals surface area contributed by atoms with Crippen LogP contribution in [-0.4, -0.2) is 40.1 Å². The highest BCUT2D eigenvalue weighted by molar-refractivity contribution is 7.98. The van der Waals surface area contributed by atoms with Gasteiger partial charge in [0.2, 0.25) is 17.2 Å². The van der Waals surface area contributed by atoms with Crippen LogP contribution in [0.25, 0.3) is 0 Å². The van der Waals surface area contributed by atoms with Gasteiger partial charge in [-0.3, -0.25) is 0 Å². The Hall–Kier alpha value is -0.750. The summed E-state index contributed by atoms with van der Waals surface area (Å²) < 4.78 is 0. The second-order valence-corrected chi connectivity index (χ2v) is 4.38. The molecule has 0 aliphatic rings. The van der Waals surface area contributed by atoms with E-state index in [4.69, 9.17) is 11.6 Å². The van der Waals surface area contributed by atoms with E-state index in [2.05, 4.69) is 31.8 Å². The standard InChI is InChI=1S/C9H16ClN5S/c1-3-11-8-13-7(10)14-9(15-8)12-5-4-6-16-2/h3-6H2,1-2H3,(H2,11,12,13,14,15). The number of nitrogens with one attached hydrogen (secondary N) is 2. The minimum Gasteiger partial charge on any atom is -0.354 e. The molecule has 0 aliphatic heterocycles. The molecular weight excluding hydrogens is 246 g/mol. The van der Waals surface area contributed by atoms with Crippen molar-refractivity contribution in [1.29, 1.82) is 0 Å². The van der Waals surface area contributed by atoms with Gasteiger partial charge in [-0.1, -0.05) is 0 Å². The normalized spacial score (nSPS) is 10.2. The predicted octanol–water partition coefficient (Wildman–Crippen LogP) is 2.12. The van der Waals surface area contributed by atoms with Gasteiger partial charge in [-0.05, 0) is 37.0 Å². The largest absolute Gasteiger partial charge is 0.354 e. The van der Waals surface area contributed by atoms with Crippen molar-refractivity contribution in [3.63, 3.8) is 0 Å². The first-order chi connectivity index (χ1) is 7.76. The molecule has 0 aliphatic carbocycles. The molecule has 0 saturated heterocycles. The predicted molar refractivity (Wildman–Crippen MR) is 70.5 cm³/mol.